The van der Waals surface area contributed by atoms with Crippen molar-refractivity contribution in [1.82, 2.24) is 4.31 Å². The second-order valence-electron chi connectivity index (χ2n) is 3.36. The van der Waals surface area contributed by atoms with Crippen LogP contribution in [0.1, 0.15) is 13.3 Å². The Balaban J connectivity index is 2.75. The third-order valence-electron chi connectivity index (χ3n) is 2.48. The second kappa shape index (κ2) is 4.08. The average Bonchev–Trinajstić information content (AvgIpc) is 2.47. The summed E-state index contributed by atoms with van der Waals surface area (Å²) in [5.41, 5.74) is 0. The minimum absolute atomic E-state index is 0.00958. The summed E-state index contributed by atoms with van der Waals surface area (Å²) in [6.45, 7) is 1.56. The van der Waals surface area contributed by atoms with Crippen LogP contribution >= 0.6 is 0 Å². The van der Waals surface area contributed by atoms with Crippen molar-refractivity contribution in [3.8, 4) is 0 Å². The van der Waals surface area contributed by atoms with E-state index in [1.54, 1.807) is 6.92 Å². The lowest BCUT2D eigenvalue weighted by atomic mass is 10.0. The van der Waals surface area contributed by atoms with E-state index in [-0.39, 0.29) is 19.0 Å². The summed E-state index contributed by atoms with van der Waals surface area (Å²) in [5.74, 6) is -3.63. The van der Waals surface area contributed by atoms with Crippen LogP contribution in [0, 0.1) is 5.92 Å². The Morgan fingerprint density at radius 2 is 2.07 bits per heavy atom. The van der Waals surface area contributed by atoms with E-state index < -0.39 is 21.9 Å². The molecule has 0 aliphatic carbocycles. The summed E-state index contributed by atoms with van der Waals surface area (Å²) in [5, 5.41) is 9.35. The number of hydrogen-bond acceptors (Lipinski definition) is 3. The van der Waals surface area contributed by atoms with Gasteiger partial charge in [-0.05, 0) is 12.3 Å². The van der Waals surface area contributed by atoms with Gasteiger partial charge >= 0.3 is 5.76 Å². The average molecular weight is 229 g/mol. The molecule has 1 fully saturated rings. The molecule has 0 aromatic rings. The molecular formula is C7H13F2NO3S. The number of β-amino-alcohol motifs (C(OH)–C–C–N with tert-alkyl or cyclic N) is 1. The van der Waals surface area contributed by atoms with E-state index >= 15 is 0 Å². The van der Waals surface area contributed by atoms with Crippen LogP contribution in [-0.4, -0.2) is 42.8 Å². The standard InChI is InChI=1S/C7H13F2NO3S/c1-2-5-3-10(4-6(5)11)14(12,13)7(8)9/h5-7,11H,2-4H2,1H3. The van der Waals surface area contributed by atoms with Gasteiger partial charge in [-0.3, -0.25) is 0 Å². The Bertz CT molecular complexity index is 293. The number of aliphatic hydroxyl groups excluding tert-OH is 1. The normalized spacial score (nSPS) is 30.1. The number of alkyl halides is 2. The summed E-state index contributed by atoms with van der Waals surface area (Å²) in [6.07, 6.45) is -0.246. The third kappa shape index (κ3) is 2.04. The number of hydrogen-bond donors (Lipinski definition) is 1. The van der Waals surface area contributed by atoms with Gasteiger partial charge in [0.15, 0.2) is 0 Å². The molecule has 14 heavy (non-hydrogen) atoms. The van der Waals surface area contributed by atoms with Gasteiger partial charge in [-0.1, -0.05) is 6.92 Å². The summed E-state index contributed by atoms with van der Waals surface area (Å²) in [6, 6.07) is 0. The van der Waals surface area contributed by atoms with Crippen LogP contribution in [0.4, 0.5) is 8.78 Å². The Hall–Kier alpha value is -0.270. The molecule has 0 saturated carbocycles. The fraction of sp³-hybridized carbons (Fsp3) is 1.00. The topological polar surface area (TPSA) is 57.6 Å². The highest BCUT2D eigenvalue weighted by Gasteiger charge is 2.40. The van der Waals surface area contributed by atoms with Crippen LogP contribution in [0.5, 0.6) is 0 Å². The van der Waals surface area contributed by atoms with Crippen molar-refractivity contribution in [2.24, 2.45) is 5.92 Å². The zero-order valence-corrected chi connectivity index (χ0v) is 8.54. The van der Waals surface area contributed by atoms with Gasteiger partial charge in [0.2, 0.25) is 0 Å². The number of nitrogens with zero attached hydrogens (tertiary/aromatic N) is 1. The first-order valence-electron chi connectivity index (χ1n) is 4.34. The van der Waals surface area contributed by atoms with Crippen molar-refractivity contribution in [3.05, 3.63) is 0 Å². The van der Waals surface area contributed by atoms with E-state index in [1.165, 1.54) is 0 Å². The van der Waals surface area contributed by atoms with Crippen LogP contribution in [-0.2, 0) is 10.0 Å². The predicted octanol–water partition coefficient (Wildman–Crippen LogP) is 0.241. The molecule has 1 heterocycles. The molecule has 0 bridgehead atoms. The van der Waals surface area contributed by atoms with E-state index in [1.807, 2.05) is 0 Å². The summed E-state index contributed by atoms with van der Waals surface area (Å²) in [4.78, 5) is 0. The molecule has 0 amide bonds. The molecule has 1 saturated heterocycles. The molecule has 84 valence electrons. The van der Waals surface area contributed by atoms with Crippen LogP contribution in [0.3, 0.4) is 0 Å². The quantitative estimate of drug-likeness (QED) is 0.754. The first-order chi connectivity index (χ1) is 6.39. The van der Waals surface area contributed by atoms with E-state index in [0.29, 0.717) is 10.7 Å². The predicted molar refractivity (Wildman–Crippen MR) is 46.3 cm³/mol. The molecule has 7 heteroatoms. The summed E-state index contributed by atoms with van der Waals surface area (Å²) in [7, 11) is -4.51. The summed E-state index contributed by atoms with van der Waals surface area (Å²) < 4.78 is 46.9. The highest BCUT2D eigenvalue weighted by atomic mass is 32.2. The molecule has 0 aromatic carbocycles. The first-order valence-corrected chi connectivity index (χ1v) is 5.85. The molecule has 2 unspecified atom stereocenters. The molecule has 0 spiro atoms. The molecular weight excluding hydrogens is 216 g/mol. The first kappa shape index (κ1) is 11.8. The number of aliphatic hydroxyl groups is 1. The maximum absolute atomic E-state index is 12.1. The minimum atomic E-state index is -4.51. The lowest BCUT2D eigenvalue weighted by molar-refractivity contribution is 0.143. The molecule has 2 atom stereocenters. The van der Waals surface area contributed by atoms with Gasteiger partial charge in [0.05, 0.1) is 6.10 Å². The Labute approximate surface area is 81.6 Å². The molecule has 1 rings (SSSR count). The van der Waals surface area contributed by atoms with Gasteiger partial charge in [-0.2, -0.15) is 13.1 Å². The second-order valence-corrected chi connectivity index (χ2v) is 5.26. The third-order valence-corrected chi connectivity index (χ3v) is 3.95. The van der Waals surface area contributed by atoms with Gasteiger partial charge in [0.25, 0.3) is 10.0 Å². The van der Waals surface area contributed by atoms with Crippen molar-refractivity contribution in [1.29, 1.82) is 0 Å². The van der Waals surface area contributed by atoms with Gasteiger partial charge in [-0.25, -0.2) is 8.42 Å². The minimum Gasteiger partial charge on any atom is -0.391 e. The maximum Gasteiger partial charge on any atom is 0.350 e. The van der Waals surface area contributed by atoms with Crippen molar-refractivity contribution in [2.45, 2.75) is 25.2 Å². The molecule has 1 aliphatic heterocycles. The zero-order valence-electron chi connectivity index (χ0n) is 7.73. The largest absolute Gasteiger partial charge is 0.391 e. The summed E-state index contributed by atoms with van der Waals surface area (Å²) >= 11 is 0. The van der Waals surface area contributed by atoms with Crippen LogP contribution < -0.4 is 0 Å². The number of sulfonamides is 1. The molecule has 1 aliphatic rings. The maximum atomic E-state index is 12.1. The molecule has 0 aromatic heterocycles. The molecule has 4 nitrogen and oxygen atoms in total. The highest BCUT2D eigenvalue weighted by molar-refractivity contribution is 7.89. The van der Waals surface area contributed by atoms with Crippen molar-refractivity contribution in [3.63, 3.8) is 0 Å². The van der Waals surface area contributed by atoms with Crippen molar-refractivity contribution in [2.75, 3.05) is 13.1 Å². The van der Waals surface area contributed by atoms with Crippen LogP contribution in [0.15, 0.2) is 0 Å². The van der Waals surface area contributed by atoms with E-state index in [0.717, 1.165) is 0 Å². The zero-order chi connectivity index (χ0) is 10.9. The van der Waals surface area contributed by atoms with Crippen molar-refractivity contribution < 1.29 is 22.3 Å². The van der Waals surface area contributed by atoms with Crippen LogP contribution in [0.25, 0.3) is 0 Å². The Kier molecular flexibility index (Phi) is 3.44. The van der Waals surface area contributed by atoms with E-state index in [9.17, 15) is 22.3 Å². The molecule has 0 radical (unpaired) electrons. The van der Waals surface area contributed by atoms with Gasteiger partial charge in [0, 0.05) is 13.1 Å². The fourth-order valence-electron chi connectivity index (χ4n) is 1.54. The smallest absolute Gasteiger partial charge is 0.350 e. The van der Waals surface area contributed by atoms with Crippen LogP contribution in [0.2, 0.25) is 0 Å². The Morgan fingerprint density at radius 3 is 2.43 bits per heavy atom. The Morgan fingerprint density at radius 1 is 1.50 bits per heavy atom. The van der Waals surface area contributed by atoms with E-state index in [2.05, 4.69) is 0 Å². The lowest BCUT2D eigenvalue weighted by Gasteiger charge is -2.14. The SMILES string of the molecule is CCC1CN(S(=O)(=O)C(F)F)CC1O. The number of rotatable bonds is 3. The fourth-order valence-corrected chi connectivity index (χ4v) is 2.52. The monoisotopic (exact) mass is 229 g/mol. The highest BCUT2D eigenvalue weighted by Crippen LogP contribution is 2.25. The number of halogens is 2. The molecule has 1 N–H and O–H groups in total. The van der Waals surface area contributed by atoms with Crippen molar-refractivity contribution >= 4 is 10.0 Å². The lowest BCUT2D eigenvalue weighted by Crippen LogP contribution is -2.34. The van der Waals surface area contributed by atoms with E-state index in [4.69, 9.17) is 0 Å². The van der Waals surface area contributed by atoms with Gasteiger partial charge in [0.1, 0.15) is 0 Å². The van der Waals surface area contributed by atoms with Gasteiger partial charge < -0.3 is 5.11 Å². The van der Waals surface area contributed by atoms with Gasteiger partial charge in [-0.15, -0.1) is 0 Å².